The van der Waals surface area contributed by atoms with Crippen molar-refractivity contribution in [2.75, 3.05) is 19.8 Å². The van der Waals surface area contributed by atoms with Gasteiger partial charge in [0.2, 0.25) is 0 Å². The molecular weight excluding hydrogens is 302 g/mol. The van der Waals surface area contributed by atoms with Crippen molar-refractivity contribution in [2.45, 2.75) is 19.4 Å². The first-order valence-electron chi connectivity index (χ1n) is 8.59. The van der Waals surface area contributed by atoms with Crippen LogP contribution in [-0.2, 0) is 18.3 Å². The molecule has 1 aliphatic heterocycles. The van der Waals surface area contributed by atoms with Crippen LogP contribution in [0.3, 0.4) is 0 Å². The maximum absolute atomic E-state index is 5.98. The van der Waals surface area contributed by atoms with Gasteiger partial charge < -0.3 is 14.5 Å². The van der Waals surface area contributed by atoms with E-state index >= 15 is 0 Å². The Balaban J connectivity index is 1.49. The average molecular weight is 325 g/mol. The predicted octanol–water partition coefficient (Wildman–Crippen LogP) is 3.35. The molecule has 1 aliphatic rings. The van der Waals surface area contributed by atoms with E-state index in [1.54, 1.807) is 0 Å². The standard InChI is InChI=1S/C19H23N3O2/c1-22-12-16(11-20-10-14-5-4-8-23-13-14)19(21-22)18-9-15-6-2-3-7-17(15)24-18/h2-3,6-7,9,12,14,20H,4-5,8,10-11,13H2,1H3. The number of ether oxygens (including phenoxy) is 1. The highest BCUT2D eigenvalue weighted by Crippen LogP contribution is 2.29. The number of para-hydroxylation sites is 1. The molecular formula is C19H23N3O2. The minimum atomic E-state index is 0.616. The zero-order chi connectivity index (χ0) is 16.4. The van der Waals surface area contributed by atoms with Gasteiger partial charge in [0.05, 0.1) is 6.61 Å². The second-order valence-corrected chi connectivity index (χ2v) is 6.54. The van der Waals surface area contributed by atoms with E-state index in [2.05, 4.69) is 28.7 Å². The smallest absolute Gasteiger partial charge is 0.156 e. The summed E-state index contributed by atoms with van der Waals surface area (Å²) < 4.78 is 13.4. The van der Waals surface area contributed by atoms with Crippen molar-refractivity contribution >= 4 is 11.0 Å². The number of furan rings is 1. The number of rotatable bonds is 5. The van der Waals surface area contributed by atoms with E-state index < -0.39 is 0 Å². The predicted molar refractivity (Wildman–Crippen MR) is 93.7 cm³/mol. The van der Waals surface area contributed by atoms with Gasteiger partial charge in [0.15, 0.2) is 5.76 Å². The Morgan fingerprint density at radius 1 is 1.33 bits per heavy atom. The lowest BCUT2D eigenvalue weighted by Gasteiger charge is -2.22. The van der Waals surface area contributed by atoms with Crippen LogP contribution < -0.4 is 5.32 Å². The van der Waals surface area contributed by atoms with E-state index in [0.717, 1.165) is 54.3 Å². The Kier molecular flexibility index (Phi) is 4.36. The highest BCUT2D eigenvalue weighted by molar-refractivity contribution is 5.82. The van der Waals surface area contributed by atoms with Crippen molar-refractivity contribution in [1.29, 1.82) is 0 Å². The fourth-order valence-electron chi connectivity index (χ4n) is 3.35. The first kappa shape index (κ1) is 15.4. The van der Waals surface area contributed by atoms with Gasteiger partial charge in [-0.3, -0.25) is 4.68 Å². The van der Waals surface area contributed by atoms with Gasteiger partial charge in [-0.1, -0.05) is 18.2 Å². The molecule has 4 rings (SSSR count). The second-order valence-electron chi connectivity index (χ2n) is 6.54. The molecule has 0 radical (unpaired) electrons. The first-order chi connectivity index (χ1) is 11.8. The Morgan fingerprint density at radius 2 is 2.25 bits per heavy atom. The number of aromatic nitrogens is 2. The van der Waals surface area contributed by atoms with Gasteiger partial charge in [-0.2, -0.15) is 5.10 Å². The number of nitrogens with zero attached hydrogens (tertiary/aromatic N) is 2. The molecule has 0 bridgehead atoms. The average Bonchev–Trinajstić information content (AvgIpc) is 3.19. The Morgan fingerprint density at radius 3 is 3.08 bits per heavy atom. The van der Waals surface area contributed by atoms with Gasteiger partial charge in [-0.05, 0) is 30.9 Å². The minimum absolute atomic E-state index is 0.616. The summed E-state index contributed by atoms with van der Waals surface area (Å²) in [5.41, 5.74) is 2.98. The zero-order valence-electron chi connectivity index (χ0n) is 14.0. The molecule has 1 aromatic carbocycles. The summed E-state index contributed by atoms with van der Waals surface area (Å²) in [6.45, 7) is 3.55. The summed E-state index contributed by atoms with van der Waals surface area (Å²) in [4.78, 5) is 0. The Labute approximate surface area is 141 Å². The van der Waals surface area contributed by atoms with Crippen LogP contribution in [0.25, 0.3) is 22.4 Å². The number of hydrogen-bond donors (Lipinski definition) is 1. The van der Waals surface area contributed by atoms with Gasteiger partial charge in [0, 0.05) is 43.9 Å². The van der Waals surface area contributed by atoms with Crippen LogP contribution in [0.15, 0.2) is 40.9 Å². The third kappa shape index (κ3) is 3.23. The van der Waals surface area contributed by atoms with E-state index in [4.69, 9.17) is 9.15 Å². The highest BCUT2D eigenvalue weighted by Gasteiger charge is 2.16. The van der Waals surface area contributed by atoms with Crippen LogP contribution in [0.2, 0.25) is 0 Å². The molecule has 0 saturated carbocycles. The molecule has 1 saturated heterocycles. The molecule has 1 N–H and O–H groups in total. The molecule has 1 fully saturated rings. The Bertz CT molecular complexity index is 782. The molecule has 3 heterocycles. The lowest BCUT2D eigenvalue weighted by Crippen LogP contribution is -2.28. The van der Waals surface area contributed by atoms with Crippen molar-refractivity contribution in [3.63, 3.8) is 0 Å². The van der Waals surface area contributed by atoms with Crippen LogP contribution in [0.4, 0.5) is 0 Å². The zero-order valence-corrected chi connectivity index (χ0v) is 14.0. The van der Waals surface area contributed by atoms with E-state index in [1.165, 1.54) is 12.8 Å². The number of hydrogen-bond acceptors (Lipinski definition) is 4. The lowest BCUT2D eigenvalue weighted by atomic mass is 10.0. The summed E-state index contributed by atoms with van der Waals surface area (Å²) in [6, 6.07) is 10.1. The van der Waals surface area contributed by atoms with Crippen LogP contribution >= 0.6 is 0 Å². The summed E-state index contributed by atoms with van der Waals surface area (Å²) in [6.07, 6.45) is 4.48. The molecule has 2 aromatic heterocycles. The van der Waals surface area contributed by atoms with Crippen LogP contribution in [-0.4, -0.2) is 29.5 Å². The molecule has 5 nitrogen and oxygen atoms in total. The quantitative estimate of drug-likeness (QED) is 0.781. The third-order valence-corrected chi connectivity index (χ3v) is 4.57. The van der Waals surface area contributed by atoms with Gasteiger partial charge in [-0.15, -0.1) is 0 Å². The number of aryl methyl sites for hydroxylation is 1. The molecule has 1 unspecified atom stereocenters. The largest absolute Gasteiger partial charge is 0.454 e. The van der Waals surface area contributed by atoms with Crippen molar-refractivity contribution < 1.29 is 9.15 Å². The van der Waals surface area contributed by atoms with Crippen LogP contribution in [0.1, 0.15) is 18.4 Å². The molecule has 0 aliphatic carbocycles. The summed E-state index contributed by atoms with van der Waals surface area (Å²) in [5, 5.41) is 9.26. The van der Waals surface area contributed by atoms with Crippen molar-refractivity contribution in [2.24, 2.45) is 13.0 Å². The van der Waals surface area contributed by atoms with Crippen LogP contribution in [0.5, 0.6) is 0 Å². The molecule has 5 heteroatoms. The Hall–Kier alpha value is -2.11. The number of benzene rings is 1. The number of nitrogens with one attached hydrogen (secondary N) is 1. The number of fused-ring (bicyclic) bond motifs is 1. The summed E-state index contributed by atoms with van der Waals surface area (Å²) in [5.74, 6) is 1.44. The normalized spacial score (nSPS) is 18.3. The van der Waals surface area contributed by atoms with Gasteiger partial charge >= 0.3 is 0 Å². The van der Waals surface area contributed by atoms with Gasteiger partial charge in [0.1, 0.15) is 11.3 Å². The van der Waals surface area contributed by atoms with E-state index in [-0.39, 0.29) is 0 Å². The van der Waals surface area contributed by atoms with E-state index in [9.17, 15) is 0 Å². The third-order valence-electron chi connectivity index (χ3n) is 4.57. The fraction of sp³-hybridized carbons (Fsp3) is 0.421. The maximum atomic E-state index is 5.98. The molecule has 3 aromatic rings. The van der Waals surface area contributed by atoms with Crippen molar-refractivity contribution in [1.82, 2.24) is 15.1 Å². The first-order valence-corrected chi connectivity index (χ1v) is 8.59. The molecule has 0 amide bonds. The molecule has 24 heavy (non-hydrogen) atoms. The van der Waals surface area contributed by atoms with Gasteiger partial charge in [-0.25, -0.2) is 0 Å². The lowest BCUT2D eigenvalue weighted by molar-refractivity contribution is 0.0547. The maximum Gasteiger partial charge on any atom is 0.156 e. The van der Waals surface area contributed by atoms with E-state index in [1.807, 2.05) is 29.9 Å². The van der Waals surface area contributed by atoms with E-state index in [0.29, 0.717) is 5.92 Å². The topological polar surface area (TPSA) is 52.2 Å². The SMILES string of the molecule is Cn1cc(CNCC2CCCOC2)c(-c2cc3ccccc3o2)n1. The minimum Gasteiger partial charge on any atom is -0.454 e. The second kappa shape index (κ2) is 6.79. The fourth-order valence-corrected chi connectivity index (χ4v) is 3.35. The van der Waals surface area contributed by atoms with Crippen molar-refractivity contribution in [3.8, 4) is 11.5 Å². The highest BCUT2D eigenvalue weighted by atomic mass is 16.5. The monoisotopic (exact) mass is 325 g/mol. The van der Waals surface area contributed by atoms with Crippen molar-refractivity contribution in [3.05, 3.63) is 42.1 Å². The van der Waals surface area contributed by atoms with Crippen LogP contribution in [0, 0.1) is 5.92 Å². The molecule has 126 valence electrons. The summed E-state index contributed by atoms with van der Waals surface area (Å²) >= 11 is 0. The van der Waals surface area contributed by atoms with Gasteiger partial charge in [0.25, 0.3) is 0 Å². The molecule has 0 spiro atoms. The summed E-state index contributed by atoms with van der Waals surface area (Å²) in [7, 11) is 1.95. The molecule has 1 atom stereocenters.